The first kappa shape index (κ1) is 14.1. The number of carbonyl (C=O) groups is 1. The summed E-state index contributed by atoms with van der Waals surface area (Å²) in [5.41, 5.74) is -0.970. The zero-order valence-electron chi connectivity index (χ0n) is 10.7. The summed E-state index contributed by atoms with van der Waals surface area (Å²) in [7, 11) is 1.56. The molecule has 0 fully saturated rings. The van der Waals surface area contributed by atoms with Crippen molar-refractivity contribution in [3.05, 3.63) is 36.9 Å². The van der Waals surface area contributed by atoms with Gasteiger partial charge < -0.3 is 14.6 Å². The average Bonchev–Trinajstić information content (AvgIpc) is 2.38. The number of methoxy groups -OCH3 is 1. The SMILES string of the molecule is C=CC(C)(CCOc1ccccc1OC)C(=O)O. The summed E-state index contributed by atoms with van der Waals surface area (Å²) in [6, 6.07) is 7.25. The van der Waals surface area contributed by atoms with Crippen molar-refractivity contribution in [3.63, 3.8) is 0 Å². The molecule has 0 spiro atoms. The van der Waals surface area contributed by atoms with Crippen molar-refractivity contribution >= 4 is 5.97 Å². The van der Waals surface area contributed by atoms with E-state index >= 15 is 0 Å². The molecule has 0 heterocycles. The Morgan fingerprint density at radius 2 is 2.06 bits per heavy atom. The number of para-hydroxylation sites is 2. The second kappa shape index (κ2) is 6.10. The molecule has 0 amide bonds. The van der Waals surface area contributed by atoms with Crippen molar-refractivity contribution in [2.75, 3.05) is 13.7 Å². The van der Waals surface area contributed by atoms with Crippen molar-refractivity contribution in [2.45, 2.75) is 13.3 Å². The van der Waals surface area contributed by atoms with E-state index in [0.29, 0.717) is 17.9 Å². The van der Waals surface area contributed by atoms with E-state index < -0.39 is 11.4 Å². The molecular weight excluding hydrogens is 232 g/mol. The molecule has 1 rings (SSSR count). The van der Waals surface area contributed by atoms with Crippen molar-refractivity contribution in [2.24, 2.45) is 5.41 Å². The minimum atomic E-state index is -0.970. The Morgan fingerprint density at radius 1 is 1.44 bits per heavy atom. The monoisotopic (exact) mass is 250 g/mol. The van der Waals surface area contributed by atoms with E-state index in [1.165, 1.54) is 6.08 Å². The number of ether oxygens (including phenoxy) is 2. The van der Waals surface area contributed by atoms with Crippen LogP contribution in [0, 0.1) is 5.41 Å². The molecule has 1 aromatic carbocycles. The molecule has 1 aromatic rings. The lowest BCUT2D eigenvalue weighted by atomic mass is 9.88. The topological polar surface area (TPSA) is 55.8 Å². The smallest absolute Gasteiger partial charge is 0.313 e. The molecule has 0 bridgehead atoms. The maximum atomic E-state index is 11.1. The van der Waals surface area contributed by atoms with Gasteiger partial charge in [0.25, 0.3) is 0 Å². The van der Waals surface area contributed by atoms with Gasteiger partial charge >= 0.3 is 5.97 Å². The lowest BCUT2D eigenvalue weighted by molar-refractivity contribution is -0.145. The quantitative estimate of drug-likeness (QED) is 0.756. The van der Waals surface area contributed by atoms with E-state index in [2.05, 4.69) is 6.58 Å². The van der Waals surface area contributed by atoms with Gasteiger partial charge in [0.05, 0.1) is 19.1 Å². The van der Waals surface area contributed by atoms with Crippen LogP contribution in [-0.2, 0) is 4.79 Å². The first-order valence-electron chi connectivity index (χ1n) is 5.66. The lowest BCUT2D eigenvalue weighted by Crippen LogP contribution is -2.27. The highest BCUT2D eigenvalue weighted by atomic mass is 16.5. The molecule has 0 saturated heterocycles. The minimum absolute atomic E-state index is 0.287. The van der Waals surface area contributed by atoms with E-state index in [1.807, 2.05) is 12.1 Å². The predicted molar refractivity (Wildman–Crippen MR) is 69.0 cm³/mol. The van der Waals surface area contributed by atoms with Crippen LogP contribution in [0.15, 0.2) is 36.9 Å². The Bertz CT molecular complexity index is 428. The second-order valence-electron chi connectivity index (χ2n) is 4.18. The van der Waals surface area contributed by atoms with Gasteiger partial charge in [-0.3, -0.25) is 4.79 Å². The Balaban J connectivity index is 2.61. The summed E-state index contributed by atoms with van der Waals surface area (Å²) in [6.07, 6.45) is 1.78. The van der Waals surface area contributed by atoms with Crippen LogP contribution in [0.3, 0.4) is 0 Å². The number of carboxylic acid groups (broad SMARTS) is 1. The number of hydrogen-bond acceptors (Lipinski definition) is 3. The molecule has 18 heavy (non-hydrogen) atoms. The van der Waals surface area contributed by atoms with Crippen LogP contribution in [-0.4, -0.2) is 24.8 Å². The van der Waals surface area contributed by atoms with Crippen LogP contribution in [0.5, 0.6) is 11.5 Å². The normalized spacial score (nSPS) is 13.4. The fourth-order valence-electron chi connectivity index (χ4n) is 1.41. The van der Waals surface area contributed by atoms with Crippen LogP contribution in [0.4, 0.5) is 0 Å². The van der Waals surface area contributed by atoms with Crippen molar-refractivity contribution in [1.82, 2.24) is 0 Å². The zero-order chi connectivity index (χ0) is 13.6. The highest BCUT2D eigenvalue weighted by molar-refractivity contribution is 5.76. The maximum absolute atomic E-state index is 11.1. The molecular formula is C14H18O4. The molecule has 4 nitrogen and oxygen atoms in total. The first-order chi connectivity index (χ1) is 8.53. The number of carboxylic acids is 1. The highest BCUT2D eigenvalue weighted by Crippen LogP contribution is 2.28. The van der Waals surface area contributed by atoms with Crippen LogP contribution in [0.25, 0.3) is 0 Å². The van der Waals surface area contributed by atoms with Gasteiger partial charge in [-0.1, -0.05) is 18.2 Å². The molecule has 0 aliphatic rings. The summed E-state index contributed by atoms with van der Waals surface area (Å²) >= 11 is 0. The van der Waals surface area contributed by atoms with Gasteiger partial charge in [0.15, 0.2) is 11.5 Å². The molecule has 0 aliphatic heterocycles. The van der Waals surface area contributed by atoms with Gasteiger partial charge in [0, 0.05) is 6.42 Å². The van der Waals surface area contributed by atoms with Crippen LogP contribution < -0.4 is 9.47 Å². The summed E-state index contributed by atoms with van der Waals surface area (Å²) in [5.74, 6) is 0.339. The molecule has 0 saturated carbocycles. The highest BCUT2D eigenvalue weighted by Gasteiger charge is 2.29. The van der Waals surface area contributed by atoms with Crippen molar-refractivity contribution < 1.29 is 19.4 Å². The number of hydrogen-bond donors (Lipinski definition) is 1. The summed E-state index contributed by atoms with van der Waals surface area (Å²) in [6.45, 7) is 5.46. The van der Waals surface area contributed by atoms with Gasteiger partial charge in [-0.15, -0.1) is 6.58 Å². The number of aliphatic carboxylic acids is 1. The standard InChI is InChI=1S/C14H18O4/c1-4-14(2,13(15)16)9-10-18-12-8-6-5-7-11(12)17-3/h4-8H,1,9-10H2,2-3H3,(H,15,16). The predicted octanol–water partition coefficient (Wildman–Crippen LogP) is 2.74. The van der Waals surface area contributed by atoms with E-state index in [9.17, 15) is 4.79 Å². The zero-order valence-corrected chi connectivity index (χ0v) is 10.7. The fraction of sp³-hybridized carbons (Fsp3) is 0.357. The third-order valence-electron chi connectivity index (χ3n) is 2.89. The summed E-state index contributed by atoms with van der Waals surface area (Å²) in [4.78, 5) is 11.1. The van der Waals surface area contributed by atoms with Crippen LogP contribution in [0.2, 0.25) is 0 Å². The van der Waals surface area contributed by atoms with Gasteiger partial charge in [0.2, 0.25) is 0 Å². The maximum Gasteiger partial charge on any atom is 0.313 e. The Labute approximate surface area is 107 Å². The first-order valence-corrected chi connectivity index (χ1v) is 5.66. The molecule has 0 aliphatic carbocycles. The van der Waals surface area contributed by atoms with E-state index in [-0.39, 0.29) is 6.61 Å². The van der Waals surface area contributed by atoms with Crippen molar-refractivity contribution in [3.8, 4) is 11.5 Å². The third-order valence-corrected chi connectivity index (χ3v) is 2.89. The lowest BCUT2D eigenvalue weighted by Gasteiger charge is -2.20. The van der Waals surface area contributed by atoms with Gasteiger partial charge in [-0.25, -0.2) is 0 Å². The average molecular weight is 250 g/mol. The second-order valence-corrected chi connectivity index (χ2v) is 4.18. The molecule has 98 valence electrons. The summed E-state index contributed by atoms with van der Waals surface area (Å²) < 4.78 is 10.7. The fourth-order valence-corrected chi connectivity index (χ4v) is 1.41. The van der Waals surface area contributed by atoms with Crippen molar-refractivity contribution in [1.29, 1.82) is 0 Å². The molecule has 0 aromatic heterocycles. The Hall–Kier alpha value is -1.97. The largest absolute Gasteiger partial charge is 0.493 e. The van der Waals surface area contributed by atoms with Crippen LogP contribution in [0.1, 0.15) is 13.3 Å². The van der Waals surface area contributed by atoms with Gasteiger partial charge in [-0.05, 0) is 19.1 Å². The van der Waals surface area contributed by atoms with Gasteiger partial charge in [0.1, 0.15) is 0 Å². The molecule has 1 atom stereocenters. The number of benzene rings is 1. The van der Waals surface area contributed by atoms with E-state index in [0.717, 1.165) is 0 Å². The molecule has 0 radical (unpaired) electrons. The minimum Gasteiger partial charge on any atom is -0.493 e. The van der Waals surface area contributed by atoms with E-state index in [1.54, 1.807) is 26.2 Å². The third kappa shape index (κ3) is 3.26. The summed E-state index contributed by atoms with van der Waals surface area (Å²) in [5, 5.41) is 9.08. The number of rotatable bonds is 7. The van der Waals surface area contributed by atoms with Crippen LogP contribution >= 0.6 is 0 Å². The van der Waals surface area contributed by atoms with Gasteiger partial charge in [-0.2, -0.15) is 0 Å². The molecule has 4 heteroatoms. The Kier molecular flexibility index (Phi) is 4.77. The molecule has 1 unspecified atom stereocenters. The Morgan fingerprint density at radius 3 is 2.56 bits per heavy atom. The van der Waals surface area contributed by atoms with E-state index in [4.69, 9.17) is 14.6 Å². The molecule has 1 N–H and O–H groups in total.